The van der Waals surface area contributed by atoms with E-state index in [2.05, 4.69) is 17.1 Å². The SMILES string of the molecule is CCCNC(=O)C1CCN(CCOC)CC1. The van der Waals surface area contributed by atoms with Crippen LogP contribution in [0.15, 0.2) is 0 Å². The van der Waals surface area contributed by atoms with Gasteiger partial charge in [-0.05, 0) is 32.4 Å². The maximum absolute atomic E-state index is 11.7. The number of hydrogen-bond acceptors (Lipinski definition) is 3. The third-order valence-corrected chi connectivity index (χ3v) is 3.12. The van der Waals surface area contributed by atoms with Crippen LogP contribution in [-0.4, -0.2) is 50.7 Å². The van der Waals surface area contributed by atoms with Crippen LogP contribution in [0.4, 0.5) is 0 Å². The number of methoxy groups -OCH3 is 1. The molecular weight excluding hydrogens is 204 g/mol. The van der Waals surface area contributed by atoms with Gasteiger partial charge < -0.3 is 15.0 Å². The molecule has 1 rings (SSSR count). The Labute approximate surface area is 98.3 Å². The molecule has 0 aliphatic carbocycles. The van der Waals surface area contributed by atoms with Crippen LogP contribution >= 0.6 is 0 Å². The summed E-state index contributed by atoms with van der Waals surface area (Å²) in [5, 5.41) is 2.98. The van der Waals surface area contributed by atoms with E-state index in [0.29, 0.717) is 0 Å². The van der Waals surface area contributed by atoms with E-state index in [0.717, 1.165) is 52.0 Å². The minimum absolute atomic E-state index is 0.227. The average molecular weight is 228 g/mol. The minimum atomic E-state index is 0.227. The monoisotopic (exact) mass is 228 g/mol. The molecule has 1 amide bonds. The second kappa shape index (κ2) is 7.63. The third kappa shape index (κ3) is 4.49. The summed E-state index contributed by atoms with van der Waals surface area (Å²) in [4.78, 5) is 14.1. The fraction of sp³-hybridized carbons (Fsp3) is 0.917. The van der Waals surface area contributed by atoms with Crippen molar-refractivity contribution < 1.29 is 9.53 Å². The Morgan fingerprint density at radius 1 is 1.44 bits per heavy atom. The average Bonchev–Trinajstić information content (AvgIpc) is 2.34. The lowest BCUT2D eigenvalue weighted by Crippen LogP contribution is -2.41. The summed E-state index contributed by atoms with van der Waals surface area (Å²) in [7, 11) is 1.73. The Morgan fingerprint density at radius 3 is 2.69 bits per heavy atom. The number of hydrogen-bond donors (Lipinski definition) is 1. The van der Waals surface area contributed by atoms with Gasteiger partial charge in [-0.25, -0.2) is 0 Å². The Kier molecular flexibility index (Phi) is 6.42. The van der Waals surface area contributed by atoms with E-state index in [4.69, 9.17) is 4.74 Å². The van der Waals surface area contributed by atoms with Crippen molar-refractivity contribution in [2.45, 2.75) is 26.2 Å². The van der Waals surface area contributed by atoms with Crippen LogP contribution in [0.1, 0.15) is 26.2 Å². The Morgan fingerprint density at radius 2 is 2.12 bits per heavy atom. The van der Waals surface area contributed by atoms with Crippen molar-refractivity contribution in [1.29, 1.82) is 0 Å². The highest BCUT2D eigenvalue weighted by atomic mass is 16.5. The van der Waals surface area contributed by atoms with Crippen molar-refractivity contribution in [2.24, 2.45) is 5.92 Å². The van der Waals surface area contributed by atoms with Crippen molar-refractivity contribution >= 4 is 5.91 Å². The van der Waals surface area contributed by atoms with Gasteiger partial charge in [0.2, 0.25) is 5.91 Å². The molecule has 1 N–H and O–H groups in total. The highest BCUT2D eigenvalue weighted by Crippen LogP contribution is 2.16. The molecule has 4 nitrogen and oxygen atoms in total. The van der Waals surface area contributed by atoms with E-state index in [1.807, 2.05) is 0 Å². The standard InChI is InChI=1S/C12H24N2O2/c1-3-6-13-12(15)11-4-7-14(8-5-11)9-10-16-2/h11H,3-10H2,1-2H3,(H,13,15). The van der Waals surface area contributed by atoms with E-state index >= 15 is 0 Å². The van der Waals surface area contributed by atoms with Gasteiger partial charge in [0.1, 0.15) is 0 Å². The molecule has 0 spiro atoms. The quantitative estimate of drug-likeness (QED) is 0.733. The van der Waals surface area contributed by atoms with E-state index in [-0.39, 0.29) is 11.8 Å². The first kappa shape index (κ1) is 13.5. The van der Waals surface area contributed by atoms with Gasteiger partial charge in [0.05, 0.1) is 6.61 Å². The van der Waals surface area contributed by atoms with Crippen LogP contribution in [0.3, 0.4) is 0 Å². The molecule has 0 bridgehead atoms. The second-order valence-corrected chi connectivity index (χ2v) is 4.40. The first-order valence-corrected chi connectivity index (χ1v) is 6.27. The molecule has 4 heteroatoms. The molecule has 1 heterocycles. The predicted octanol–water partition coefficient (Wildman–Crippen LogP) is 0.871. The zero-order valence-electron chi connectivity index (χ0n) is 10.5. The number of nitrogens with one attached hydrogen (secondary N) is 1. The molecule has 1 aliphatic rings. The normalized spacial score (nSPS) is 18.6. The van der Waals surface area contributed by atoms with Crippen LogP contribution in [0.5, 0.6) is 0 Å². The predicted molar refractivity (Wildman–Crippen MR) is 64.3 cm³/mol. The molecule has 1 aliphatic heterocycles. The molecular formula is C12H24N2O2. The van der Waals surface area contributed by atoms with Crippen LogP contribution in [0, 0.1) is 5.92 Å². The summed E-state index contributed by atoms with van der Waals surface area (Å²) in [5.41, 5.74) is 0. The van der Waals surface area contributed by atoms with E-state index < -0.39 is 0 Å². The van der Waals surface area contributed by atoms with Gasteiger partial charge in [-0.2, -0.15) is 0 Å². The van der Waals surface area contributed by atoms with Gasteiger partial charge in [-0.3, -0.25) is 4.79 Å². The first-order chi connectivity index (χ1) is 7.77. The van der Waals surface area contributed by atoms with Crippen LogP contribution in [0.2, 0.25) is 0 Å². The second-order valence-electron chi connectivity index (χ2n) is 4.40. The van der Waals surface area contributed by atoms with E-state index in [9.17, 15) is 4.79 Å². The largest absolute Gasteiger partial charge is 0.383 e. The summed E-state index contributed by atoms with van der Waals surface area (Å²) in [6.45, 7) is 6.70. The first-order valence-electron chi connectivity index (χ1n) is 6.27. The Balaban J connectivity index is 2.18. The lowest BCUT2D eigenvalue weighted by atomic mass is 9.96. The van der Waals surface area contributed by atoms with Gasteiger partial charge in [0, 0.05) is 26.1 Å². The number of carbonyl (C=O) groups is 1. The molecule has 0 saturated carbocycles. The van der Waals surface area contributed by atoms with E-state index in [1.165, 1.54) is 0 Å². The van der Waals surface area contributed by atoms with Crippen molar-refractivity contribution in [3.8, 4) is 0 Å². The van der Waals surface area contributed by atoms with Crippen molar-refractivity contribution in [1.82, 2.24) is 10.2 Å². The van der Waals surface area contributed by atoms with Crippen molar-refractivity contribution in [3.63, 3.8) is 0 Å². The molecule has 0 aromatic rings. The number of nitrogens with zero attached hydrogens (tertiary/aromatic N) is 1. The van der Waals surface area contributed by atoms with Crippen LogP contribution in [-0.2, 0) is 9.53 Å². The van der Waals surface area contributed by atoms with Gasteiger partial charge in [0.15, 0.2) is 0 Å². The summed E-state index contributed by atoms with van der Waals surface area (Å²) in [6, 6.07) is 0. The molecule has 0 aromatic carbocycles. The topological polar surface area (TPSA) is 41.6 Å². The van der Waals surface area contributed by atoms with Crippen LogP contribution in [0.25, 0.3) is 0 Å². The number of amides is 1. The fourth-order valence-corrected chi connectivity index (χ4v) is 2.03. The maximum atomic E-state index is 11.7. The number of carbonyl (C=O) groups excluding carboxylic acids is 1. The molecule has 0 aromatic heterocycles. The van der Waals surface area contributed by atoms with Gasteiger partial charge in [-0.15, -0.1) is 0 Å². The molecule has 0 unspecified atom stereocenters. The van der Waals surface area contributed by atoms with Crippen molar-refractivity contribution in [3.05, 3.63) is 0 Å². The molecule has 94 valence electrons. The molecule has 0 atom stereocenters. The summed E-state index contributed by atoms with van der Waals surface area (Å²) in [6.07, 6.45) is 2.98. The number of ether oxygens (including phenoxy) is 1. The van der Waals surface area contributed by atoms with Gasteiger partial charge in [-0.1, -0.05) is 6.92 Å². The maximum Gasteiger partial charge on any atom is 0.223 e. The Bertz CT molecular complexity index is 201. The van der Waals surface area contributed by atoms with Gasteiger partial charge in [0.25, 0.3) is 0 Å². The summed E-state index contributed by atoms with van der Waals surface area (Å²) in [5.74, 6) is 0.471. The fourth-order valence-electron chi connectivity index (χ4n) is 2.03. The minimum Gasteiger partial charge on any atom is -0.383 e. The number of rotatable bonds is 6. The molecule has 1 saturated heterocycles. The lowest BCUT2D eigenvalue weighted by molar-refractivity contribution is -0.126. The highest BCUT2D eigenvalue weighted by molar-refractivity contribution is 5.78. The van der Waals surface area contributed by atoms with Gasteiger partial charge >= 0.3 is 0 Å². The summed E-state index contributed by atoms with van der Waals surface area (Å²) < 4.78 is 5.05. The zero-order valence-corrected chi connectivity index (χ0v) is 10.5. The lowest BCUT2D eigenvalue weighted by Gasteiger charge is -2.30. The van der Waals surface area contributed by atoms with Crippen LogP contribution < -0.4 is 5.32 Å². The molecule has 1 fully saturated rings. The van der Waals surface area contributed by atoms with Crippen molar-refractivity contribution in [2.75, 3.05) is 39.9 Å². The number of likely N-dealkylation sites (tertiary alicyclic amines) is 1. The molecule has 0 radical (unpaired) electrons. The third-order valence-electron chi connectivity index (χ3n) is 3.12. The highest BCUT2D eigenvalue weighted by Gasteiger charge is 2.24. The Hall–Kier alpha value is -0.610. The smallest absolute Gasteiger partial charge is 0.223 e. The molecule has 16 heavy (non-hydrogen) atoms. The summed E-state index contributed by atoms with van der Waals surface area (Å²) >= 11 is 0. The zero-order chi connectivity index (χ0) is 11.8. The van der Waals surface area contributed by atoms with E-state index in [1.54, 1.807) is 7.11 Å². The number of piperidine rings is 1.